The van der Waals surface area contributed by atoms with E-state index in [2.05, 4.69) is 21.2 Å². The molecule has 7 heteroatoms. The van der Waals surface area contributed by atoms with Crippen molar-refractivity contribution in [3.63, 3.8) is 0 Å². The van der Waals surface area contributed by atoms with Gasteiger partial charge in [-0.3, -0.25) is 4.79 Å². The average Bonchev–Trinajstić information content (AvgIpc) is 2.28. The van der Waals surface area contributed by atoms with E-state index in [1.807, 2.05) is 13.0 Å². The molecule has 1 N–H and O–H groups in total. The monoisotopic (exact) mass is 349 g/mol. The molecule has 0 aliphatic heterocycles. The van der Waals surface area contributed by atoms with E-state index >= 15 is 0 Å². The Balaban J connectivity index is 2.85. The van der Waals surface area contributed by atoms with Crippen molar-refractivity contribution in [3.8, 4) is 5.75 Å². The highest BCUT2D eigenvalue weighted by Gasteiger charge is 2.13. The zero-order valence-corrected chi connectivity index (χ0v) is 13.4. The van der Waals surface area contributed by atoms with Gasteiger partial charge in [-0.15, -0.1) is 0 Å². The highest BCUT2D eigenvalue weighted by molar-refractivity contribution is 9.10. The van der Waals surface area contributed by atoms with Gasteiger partial charge in [-0.05, 0) is 24.6 Å². The Kier molecular flexibility index (Phi) is 5.37. The Morgan fingerprint density at radius 1 is 1.42 bits per heavy atom. The van der Waals surface area contributed by atoms with Crippen molar-refractivity contribution in [1.29, 1.82) is 0 Å². The number of anilines is 1. The lowest BCUT2D eigenvalue weighted by atomic mass is 10.2. The SMILES string of the molecule is COc1cc(Br)cc(C)c1NC(=O)CCS(C)(=O)=O. The topological polar surface area (TPSA) is 72.5 Å². The third-order valence-corrected chi connectivity index (χ3v) is 3.85. The molecule has 0 aliphatic rings. The van der Waals surface area contributed by atoms with Gasteiger partial charge in [0.25, 0.3) is 0 Å². The molecule has 0 spiro atoms. The number of hydrogen-bond acceptors (Lipinski definition) is 4. The lowest BCUT2D eigenvalue weighted by Gasteiger charge is -2.13. The van der Waals surface area contributed by atoms with Crippen LogP contribution in [0.5, 0.6) is 5.75 Å². The van der Waals surface area contributed by atoms with Crippen LogP contribution in [0.15, 0.2) is 16.6 Å². The number of halogens is 1. The first-order valence-corrected chi connectivity index (χ1v) is 8.40. The fraction of sp³-hybridized carbons (Fsp3) is 0.417. The van der Waals surface area contributed by atoms with Crippen molar-refractivity contribution < 1.29 is 17.9 Å². The number of carbonyl (C=O) groups is 1. The number of sulfone groups is 1. The molecule has 0 aliphatic carbocycles. The number of methoxy groups -OCH3 is 1. The van der Waals surface area contributed by atoms with Crippen molar-refractivity contribution in [2.75, 3.05) is 24.4 Å². The molecule has 1 aromatic carbocycles. The van der Waals surface area contributed by atoms with E-state index in [1.165, 1.54) is 7.11 Å². The van der Waals surface area contributed by atoms with Crippen molar-refractivity contribution in [3.05, 3.63) is 22.2 Å². The molecule has 1 amide bonds. The molecule has 106 valence electrons. The van der Waals surface area contributed by atoms with Gasteiger partial charge in [0.05, 0.1) is 18.6 Å². The van der Waals surface area contributed by atoms with Crippen molar-refractivity contribution in [1.82, 2.24) is 0 Å². The maximum Gasteiger partial charge on any atom is 0.225 e. The Hall–Kier alpha value is -1.08. The van der Waals surface area contributed by atoms with Gasteiger partial charge in [-0.2, -0.15) is 0 Å². The maximum absolute atomic E-state index is 11.7. The molecular formula is C12H16BrNO4S. The molecule has 19 heavy (non-hydrogen) atoms. The summed E-state index contributed by atoms with van der Waals surface area (Å²) in [7, 11) is -1.64. The van der Waals surface area contributed by atoms with E-state index in [-0.39, 0.29) is 18.1 Å². The van der Waals surface area contributed by atoms with Crippen LogP contribution >= 0.6 is 15.9 Å². The molecule has 1 aromatic rings. The second kappa shape index (κ2) is 6.38. The van der Waals surface area contributed by atoms with Crippen LogP contribution in [0.2, 0.25) is 0 Å². The Bertz CT molecular complexity index is 584. The van der Waals surface area contributed by atoms with Crippen LogP contribution in [-0.2, 0) is 14.6 Å². The Morgan fingerprint density at radius 3 is 2.58 bits per heavy atom. The van der Waals surface area contributed by atoms with Crippen LogP contribution in [0, 0.1) is 6.92 Å². The molecule has 1 rings (SSSR count). The molecule has 0 fully saturated rings. The molecule has 0 radical (unpaired) electrons. The van der Waals surface area contributed by atoms with E-state index in [1.54, 1.807) is 6.07 Å². The van der Waals surface area contributed by atoms with E-state index in [4.69, 9.17) is 4.74 Å². The summed E-state index contributed by atoms with van der Waals surface area (Å²) in [6.07, 6.45) is 1.03. The van der Waals surface area contributed by atoms with Gasteiger partial charge in [0.2, 0.25) is 5.91 Å². The molecule has 0 atom stereocenters. The number of ether oxygens (including phenoxy) is 1. The zero-order chi connectivity index (χ0) is 14.6. The second-order valence-electron chi connectivity index (χ2n) is 4.23. The van der Waals surface area contributed by atoms with Gasteiger partial charge in [0.15, 0.2) is 0 Å². The van der Waals surface area contributed by atoms with Gasteiger partial charge < -0.3 is 10.1 Å². The minimum Gasteiger partial charge on any atom is -0.495 e. The molecular weight excluding hydrogens is 334 g/mol. The fourth-order valence-electron chi connectivity index (χ4n) is 1.51. The number of nitrogens with one attached hydrogen (secondary N) is 1. The number of benzene rings is 1. The van der Waals surface area contributed by atoms with Gasteiger partial charge in [-0.25, -0.2) is 8.42 Å². The second-order valence-corrected chi connectivity index (χ2v) is 7.40. The quantitative estimate of drug-likeness (QED) is 0.883. The van der Waals surface area contributed by atoms with Crippen LogP contribution in [0.1, 0.15) is 12.0 Å². The maximum atomic E-state index is 11.7. The number of rotatable bonds is 5. The number of aryl methyl sites for hydroxylation is 1. The summed E-state index contributed by atoms with van der Waals surface area (Å²) in [6, 6.07) is 3.58. The first-order chi connectivity index (χ1) is 8.73. The molecule has 0 saturated carbocycles. The van der Waals surface area contributed by atoms with E-state index in [0.717, 1.165) is 16.3 Å². The Morgan fingerprint density at radius 2 is 2.05 bits per heavy atom. The summed E-state index contributed by atoms with van der Waals surface area (Å²) in [4.78, 5) is 11.7. The summed E-state index contributed by atoms with van der Waals surface area (Å²) < 4.78 is 28.1. The highest BCUT2D eigenvalue weighted by atomic mass is 79.9. The van der Waals surface area contributed by atoms with Crippen LogP contribution < -0.4 is 10.1 Å². The predicted octanol–water partition coefficient (Wildman–Crippen LogP) is 2.14. The molecule has 0 bridgehead atoms. The minimum absolute atomic E-state index is 0.0719. The van der Waals surface area contributed by atoms with E-state index in [9.17, 15) is 13.2 Å². The molecule has 0 heterocycles. The van der Waals surface area contributed by atoms with Crippen LogP contribution in [0.3, 0.4) is 0 Å². The normalized spacial score (nSPS) is 11.2. The zero-order valence-electron chi connectivity index (χ0n) is 11.0. The highest BCUT2D eigenvalue weighted by Crippen LogP contribution is 2.32. The molecule has 0 unspecified atom stereocenters. The molecule has 5 nitrogen and oxygen atoms in total. The van der Waals surface area contributed by atoms with Crippen molar-refractivity contribution in [2.24, 2.45) is 0 Å². The number of carbonyl (C=O) groups excluding carboxylic acids is 1. The summed E-state index contributed by atoms with van der Waals surface area (Å²) in [6.45, 7) is 1.83. The van der Waals surface area contributed by atoms with Gasteiger partial charge in [0.1, 0.15) is 15.6 Å². The molecule has 0 aromatic heterocycles. The Labute approximate surface area is 121 Å². The minimum atomic E-state index is -3.14. The predicted molar refractivity (Wildman–Crippen MR) is 78.4 cm³/mol. The van der Waals surface area contributed by atoms with Gasteiger partial charge >= 0.3 is 0 Å². The summed E-state index contributed by atoms with van der Waals surface area (Å²) in [5, 5.41) is 2.68. The largest absolute Gasteiger partial charge is 0.495 e. The third-order valence-electron chi connectivity index (χ3n) is 2.45. The van der Waals surface area contributed by atoms with Crippen LogP contribution in [0.25, 0.3) is 0 Å². The summed E-state index contributed by atoms with van der Waals surface area (Å²) in [5.41, 5.74) is 1.39. The molecule has 0 saturated heterocycles. The number of hydrogen-bond donors (Lipinski definition) is 1. The van der Waals surface area contributed by atoms with E-state index in [0.29, 0.717) is 11.4 Å². The lowest BCUT2D eigenvalue weighted by Crippen LogP contribution is -2.17. The summed E-state index contributed by atoms with van der Waals surface area (Å²) in [5.74, 6) is 0.00483. The summed E-state index contributed by atoms with van der Waals surface area (Å²) >= 11 is 3.34. The van der Waals surface area contributed by atoms with Gasteiger partial charge in [0, 0.05) is 17.1 Å². The first kappa shape index (κ1) is 16.0. The van der Waals surface area contributed by atoms with Crippen LogP contribution in [0.4, 0.5) is 5.69 Å². The first-order valence-electron chi connectivity index (χ1n) is 5.54. The number of amides is 1. The van der Waals surface area contributed by atoms with E-state index < -0.39 is 9.84 Å². The third kappa shape index (κ3) is 5.20. The average molecular weight is 350 g/mol. The fourth-order valence-corrected chi connectivity index (χ4v) is 2.62. The standard InChI is InChI=1S/C12H16BrNO4S/c1-8-6-9(13)7-10(18-2)12(8)14-11(15)4-5-19(3,16)17/h6-7H,4-5H2,1-3H3,(H,14,15). The van der Waals surface area contributed by atoms with Crippen molar-refractivity contribution in [2.45, 2.75) is 13.3 Å². The van der Waals surface area contributed by atoms with Gasteiger partial charge in [-0.1, -0.05) is 15.9 Å². The lowest BCUT2D eigenvalue weighted by molar-refractivity contribution is -0.115. The van der Waals surface area contributed by atoms with Crippen LogP contribution in [-0.4, -0.2) is 33.4 Å². The van der Waals surface area contributed by atoms with Crippen molar-refractivity contribution >= 4 is 37.4 Å². The smallest absolute Gasteiger partial charge is 0.225 e.